The molecule has 1 amide bonds. The van der Waals surface area contributed by atoms with Crippen LogP contribution < -0.4 is 0 Å². The summed E-state index contributed by atoms with van der Waals surface area (Å²) in [7, 11) is 3.47. The molecule has 5 nitrogen and oxygen atoms in total. The summed E-state index contributed by atoms with van der Waals surface area (Å²) in [5.41, 5.74) is 2.34. The van der Waals surface area contributed by atoms with E-state index in [1.807, 2.05) is 24.3 Å². The number of carbonyl (C=O) groups is 1. The third-order valence-electron chi connectivity index (χ3n) is 3.35. The van der Waals surface area contributed by atoms with Gasteiger partial charge in [0.1, 0.15) is 0 Å². The smallest absolute Gasteiger partial charge is 0.275 e. The highest BCUT2D eigenvalue weighted by Gasteiger charge is 2.34. The second kappa shape index (κ2) is 5.01. The van der Waals surface area contributed by atoms with Crippen molar-refractivity contribution in [3.63, 3.8) is 0 Å². The maximum atomic E-state index is 12.2. The van der Waals surface area contributed by atoms with Crippen molar-refractivity contribution < 1.29 is 4.79 Å². The van der Waals surface area contributed by atoms with Gasteiger partial charge in [-0.2, -0.15) is 0 Å². The van der Waals surface area contributed by atoms with E-state index in [4.69, 9.17) is 0 Å². The Hall–Kier alpha value is -1.69. The van der Waals surface area contributed by atoms with Crippen LogP contribution in [0, 0.1) is 0 Å². The first-order valence-electron chi connectivity index (χ1n) is 6.51. The first-order chi connectivity index (χ1) is 9.58. The van der Waals surface area contributed by atoms with E-state index in [1.165, 1.54) is 0 Å². The number of halogens is 1. The molecule has 1 heterocycles. The van der Waals surface area contributed by atoms with Crippen molar-refractivity contribution in [2.45, 2.75) is 18.8 Å². The largest absolute Gasteiger partial charge is 0.343 e. The Kier molecular flexibility index (Phi) is 3.33. The summed E-state index contributed by atoms with van der Waals surface area (Å²) >= 11 is 3.42. The third-order valence-corrected chi connectivity index (χ3v) is 3.88. The number of hydrogen-bond acceptors (Lipinski definition) is 3. The van der Waals surface area contributed by atoms with Crippen LogP contribution in [0.15, 0.2) is 28.7 Å². The predicted molar refractivity (Wildman–Crippen MR) is 79.1 cm³/mol. The molecule has 1 saturated carbocycles. The van der Waals surface area contributed by atoms with E-state index in [2.05, 4.69) is 26.2 Å². The molecule has 0 bridgehead atoms. The molecule has 0 saturated heterocycles. The van der Waals surface area contributed by atoms with Gasteiger partial charge < -0.3 is 4.90 Å². The quantitative estimate of drug-likeness (QED) is 0.866. The predicted octanol–water partition coefficient (Wildman–Crippen LogP) is 2.61. The molecule has 20 heavy (non-hydrogen) atoms. The summed E-state index contributed by atoms with van der Waals surface area (Å²) < 4.78 is 2.81. The fourth-order valence-corrected chi connectivity index (χ4v) is 2.41. The van der Waals surface area contributed by atoms with Crippen LogP contribution in [0.4, 0.5) is 0 Å². The second-order valence-corrected chi connectivity index (χ2v) is 6.10. The average Bonchev–Trinajstić information content (AvgIpc) is 3.18. The fourth-order valence-electron chi connectivity index (χ4n) is 2.15. The first-order valence-corrected chi connectivity index (χ1v) is 7.30. The van der Waals surface area contributed by atoms with E-state index in [0.29, 0.717) is 11.6 Å². The van der Waals surface area contributed by atoms with Gasteiger partial charge in [-0.25, -0.2) is 4.68 Å². The Morgan fingerprint density at radius 2 is 1.95 bits per heavy atom. The summed E-state index contributed by atoms with van der Waals surface area (Å²) in [6.45, 7) is 0. The average molecular weight is 335 g/mol. The number of rotatable bonds is 3. The van der Waals surface area contributed by atoms with Gasteiger partial charge in [-0.05, 0) is 37.1 Å². The normalized spacial score (nSPS) is 14.3. The van der Waals surface area contributed by atoms with Crippen molar-refractivity contribution in [3.8, 4) is 5.69 Å². The monoisotopic (exact) mass is 334 g/mol. The molecule has 1 aromatic carbocycles. The van der Waals surface area contributed by atoms with Gasteiger partial charge >= 0.3 is 0 Å². The lowest BCUT2D eigenvalue weighted by Gasteiger charge is -2.10. The number of amides is 1. The van der Waals surface area contributed by atoms with Crippen molar-refractivity contribution in [3.05, 3.63) is 40.1 Å². The van der Waals surface area contributed by atoms with E-state index in [-0.39, 0.29) is 5.91 Å². The molecule has 0 N–H and O–H groups in total. The van der Waals surface area contributed by atoms with Crippen molar-refractivity contribution in [1.29, 1.82) is 0 Å². The summed E-state index contributed by atoms with van der Waals surface area (Å²) in [6, 6.07) is 7.85. The number of hydrogen-bond donors (Lipinski definition) is 0. The SMILES string of the molecule is CN(C)C(=O)c1nnn(-c2ccc(Br)cc2)c1C1CC1. The van der Waals surface area contributed by atoms with Crippen LogP contribution in [-0.2, 0) is 0 Å². The zero-order chi connectivity index (χ0) is 14.3. The minimum Gasteiger partial charge on any atom is -0.343 e. The van der Waals surface area contributed by atoms with Crippen LogP contribution in [0.25, 0.3) is 5.69 Å². The molecular formula is C14H15BrN4O. The van der Waals surface area contributed by atoms with E-state index >= 15 is 0 Å². The Morgan fingerprint density at radius 1 is 1.30 bits per heavy atom. The number of nitrogens with zero attached hydrogens (tertiary/aromatic N) is 4. The number of carbonyl (C=O) groups excluding carboxylic acids is 1. The Morgan fingerprint density at radius 3 is 2.50 bits per heavy atom. The van der Waals surface area contributed by atoms with Gasteiger partial charge in [-0.3, -0.25) is 4.79 Å². The lowest BCUT2D eigenvalue weighted by Crippen LogP contribution is -2.23. The molecule has 3 rings (SSSR count). The Bertz CT molecular complexity index is 644. The van der Waals surface area contributed by atoms with Crippen LogP contribution in [0.5, 0.6) is 0 Å². The van der Waals surface area contributed by atoms with Gasteiger partial charge in [-0.1, -0.05) is 21.1 Å². The van der Waals surface area contributed by atoms with Gasteiger partial charge in [0, 0.05) is 24.5 Å². The Labute approximate surface area is 125 Å². The highest BCUT2D eigenvalue weighted by atomic mass is 79.9. The zero-order valence-corrected chi connectivity index (χ0v) is 13.0. The maximum Gasteiger partial charge on any atom is 0.275 e. The van der Waals surface area contributed by atoms with E-state index < -0.39 is 0 Å². The molecular weight excluding hydrogens is 320 g/mol. The lowest BCUT2D eigenvalue weighted by atomic mass is 10.2. The van der Waals surface area contributed by atoms with Crippen LogP contribution in [0.2, 0.25) is 0 Å². The van der Waals surface area contributed by atoms with Crippen LogP contribution in [0.1, 0.15) is 34.9 Å². The molecule has 0 spiro atoms. The minimum atomic E-state index is -0.0877. The topological polar surface area (TPSA) is 51.0 Å². The van der Waals surface area contributed by atoms with Gasteiger partial charge in [0.05, 0.1) is 11.4 Å². The molecule has 1 aliphatic rings. The summed E-state index contributed by atoms with van der Waals surface area (Å²) in [4.78, 5) is 13.7. The van der Waals surface area contributed by atoms with Crippen LogP contribution in [-0.4, -0.2) is 39.9 Å². The summed E-state index contributed by atoms with van der Waals surface area (Å²) in [5, 5.41) is 8.29. The van der Waals surface area contributed by atoms with Crippen LogP contribution >= 0.6 is 15.9 Å². The summed E-state index contributed by atoms with van der Waals surface area (Å²) in [5.74, 6) is 0.308. The van der Waals surface area contributed by atoms with E-state index in [9.17, 15) is 4.79 Å². The summed E-state index contributed by atoms with van der Waals surface area (Å²) in [6.07, 6.45) is 2.19. The molecule has 0 aliphatic heterocycles. The standard InChI is InChI=1S/C14H15BrN4O/c1-18(2)14(20)12-13(9-3-4-9)19(17-16-12)11-7-5-10(15)6-8-11/h5-9H,3-4H2,1-2H3. The minimum absolute atomic E-state index is 0.0877. The van der Waals surface area contributed by atoms with Gasteiger partial charge in [0.15, 0.2) is 5.69 Å². The fraction of sp³-hybridized carbons (Fsp3) is 0.357. The van der Waals surface area contributed by atoms with Crippen molar-refractivity contribution in [1.82, 2.24) is 19.9 Å². The second-order valence-electron chi connectivity index (χ2n) is 5.19. The molecule has 1 aliphatic carbocycles. The number of benzene rings is 1. The van der Waals surface area contributed by atoms with E-state index in [1.54, 1.807) is 23.7 Å². The van der Waals surface area contributed by atoms with E-state index in [0.717, 1.165) is 28.7 Å². The van der Waals surface area contributed by atoms with Crippen molar-refractivity contribution in [2.24, 2.45) is 0 Å². The molecule has 0 atom stereocenters. The molecule has 0 radical (unpaired) electrons. The molecule has 6 heteroatoms. The highest BCUT2D eigenvalue weighted by molar-refractivity contribution is 9.10. The van der Waals surface area contributed by atoms with Gasteiger partial charge in [0.25, 0.3) is 5.91 Å². The third kappa shape index (κ3) is 2.35. The zero-order valence-electron chi connectivity index (χ0n) is 11.4. The van der Waals surface area contributed by atoms with Gasteiger partial charge in [-0.15, -0.1) is 5.10 Å². The maximum absolute atomic E-state index is 12.2. The molecule has 104 valence electrons. The molecule has 2 aromatic rings. The molecule has 1 fully saturated rings. The molecule has 0 unspecified atom stereocenters. The van der Waals surface area contributed by atoms with Crippen molar-refractivity contribution in [2.75, 3.05) is 14.1 Å². The van der Waals surface area contributed by atoms with Gasteiger partial charge in [0.2, 0.25) is 0 Å². The lowest BCUT2D eigenvalue weighted by molar-refractivity contribution is 0.0820. The first kappa shape index (κ1) is 13.3. The van der Waals surface area contributed by atoms with Crippen LogP contribution in [0.3, 0.4) is 0 Å². The Balaban J connectivity index is 2.08. The molecule has 1 aromatic heterocycles. The van der Waals surface area contributed by atoms with Crippen molar-refractivity contribution >= 4 is 21.8 Å². The highest BCUT2D eigenvalue weighted by Crippen LogP contribution is 2.42. The number of aromatic nitrogens is 3.